The Kier molecular flexibility index (Phi) is 6.45. The van der Waals surface area contributed by atoms with Gasteiger partial charge in [0.15, 0.2) is 20.7 Å². The molecule has 0 saturated carbocycles. The lowest BCUT2D eigenvalue weighted by Gasteiger charge is -2.05. The summed E-state index contributed by atoms with van der Waals surface area (Å²) in [5.41, 5.74) is 2.26. The van der Waals surface area contributed by atoms with Gasteiger partial charge in [-0.2, -0.15) is 0 Å². The van der Waals surface area contributed by atoms with Crippen molar-refractivity contribution in [2.45, 2.75) is 24.0 Å². The number of thiazole rings is 1. The summed E-state index contributed by atoms with van der Waals surface area (Å²) in [6.07, 6.45) is 3.58. The molecule has 0 saturated heterocycles. The van der Waals surface area contributed by atoms with Crippen LogP contribution < -0.4 is 5.32 Å². The second-order valence-electron chi connectivity index (χ2n) is 7.16. The molecule has 0 radical (unpaired) electrons. The van der Waals surface area contributed by atoms with Crippen molar-refractivity contribution in [3.63, 3.8) is 0 Å². The third kappa shape index (κ3) is 4.93. The summed E-state index contributed by atoms with van der Waals surface area (Å²) in [6, 6.07) is 15.4. The van der Waals surface area contributed by atoms with Crippen LogP contribution in [0.4, 0.5) is 5.13 Å². The van der Waals surface area contributed by atoms with Crippen LogP contribution in [0.1, 0.15) is 32.1 Å². The highest BCUT2D eigenvalue weighted by molar-refractivity contribution is 7.90. The SMILES string of the molecule is Cc1cccc(Cc2cnc(NC(=O)c3occc3CS(=O)(=O)c3ccccc3)s2)c1Cl. The third-order valence-corrected chi connectivity index (χ3v) is 7.95. The van der Waals surface area contributed by atoms with Crippen molar-refractivity contribution in [1.82, 2.24) is 4.98 Å². The minimum Gasteiger partial charge on any atom is -0.459 e. The lowest BCUT2D eigenvalue weighted by atomic mass is 10.1. The monoisotopic (exact) mass is 486 g/mol. The number of carbonyl (C=O) groups is 1. The molecule has 2 heterocycles. The normalized spacial score (nSPS) is 11.4. The van der Waals surface area contributed by atoms with Gasteiger partial charge in [-0.25, -0.2) is 13.4 Å². The van der Waals surface area contributed by atoms with Crippen LogP contribution in [-0.2, 0) is 22.0 Å². The zero-order chi connectivity index (χ0) is 22.7. The van der Waals surface area contributed by atoms with Crippen LogP contribution in [-0.4, -0.2) is 19.3 Å². The molecule has 1 N–H and O–H groups in total. The van der Waals surface area contributed by atoms with Gasteiger partial charge in [-0.1, -0.05) is 48.0 Å². The Morgan fingerprint density at radius 1 is 1.09 bits per heavy atom. The van der Waals surface area contributed by atoms with Crippen LogP contribution in [0.25, 0.3) is 0 Å². The molecule has 4 aromatic rings. The van der Waals surface area contributed by atoms with Crippen LogP contribution in [0.3, 0.4) is 0 Å². The summed E-state index contributed by atoms with van der Waals surface area (Å²) in [5.74, 6) is -0.948. The molecule has 9 heteroatoms. The van der Waals surface area contributed by atoms with Crippen LogP contribution in [0, 0.1) is 6.92 Å². The Labute approximate surface area is 194 Å². The van der Waals surface area contributed by atoms with E-state index in [1.54, 1.807) is 24.4 Å². The van der Waals surface area contributed by atoms with Crippen molar-refractivity contribution < 1.29 is 17.6 Å². The first-order valence-electron chi connectivity index (χ1n) is 9.68. The van der Waals surface area contributed by atoms with E-state index in [1.165, 1.54) is 35.8 Å². The van der Waals surface area contributed by atoms with Crippen molar-refractivity contribution in [2.75, 3.05) is 5.32 Å². The number of hydrogen-bond acceptors (Lipinski definition) is 6. The summed E-state index contributed by atoms with van der Waals surface area (Å²) < 4.78 is 30.6. The maximum absolute atomic E-state index is 12.7. The summed E-state index contributed by atoms with van der Waals surface area (Å²) in [6.45, 7) is 1.95. The maximum atomic E-state index is 12.7. The first-order chi connectivity index (χ1) is 15.3. The van der Waals surface area contributed by atoms with Crippen LogP contribution in [0.2, 0.25) is 5.02 Å². The van der Waals surface area contributed by atoms with Gasteiger partial charge in [0.25, 0.3) is 5.91 Å². The summed E-state index contributed by atoms with van der Waals surface area (Å²) in [5, 5.41) is 3.79. The van der Waals surface area contributed by atoms with Crippen molar-refractivity contribution in [2.24, 2.45) is 0 Å². The Bertz CT molecular complexity index is 1360. The molecule has 1 amide bonds. The molecule has 0 aliphatic heterocycles. The predicted octanol–water partition coefficient (Wildman–Crippen LogP) is 5.51. The minimum absolute atomic E-state index is 0.0528. The Morgan fingerprint density at radius 2 is 1.88 bits per heavy atom. The van der Waals surface area contributed by atoms with Gasteiger partial charge >= 0.3 is 0 Å². The molecule has 6 nitrogen and oxygen atoms in total. The van der Waals surface area contributed by atoms with Crippen LogP contribution in [0.15, 0.2) is 76.4 Å². The number of nitrogens with zero attached hydrogens (tertiary/aromatic N) is 1. The Morgan fingerprint density at radius 3 is 2.66 bits per heavy atom. The molecule has 0 unspecified atom stereocenters. The van der Waals surface area contributed by atoms with Gasteiger partial charge in [0, 0.05) is 28.1 Å². The summed E-state index contributed by atoms with van der Waals surface area (Å²) in [7, 11) is -3.62. The number of nitrogens with one attached hydrogen (secondary N) is 1. The van der Waals surface area contributed by atoms with E-state index in [0.717, 1.165) is 16.0 Å². The highest BCUT2D eigenvalue weighted by Crippen LogP contribution is 2.27. The average Bonchev–Trinajstić information content (AvgIpc) is 3.41. The zero-order valence-electron chi connectivity index (χ0n) is 17.0. The van der Waals surface area contributed by atoms with E-state index in [4.69, 9.17) is 16.0 Å². The van der Waals surface area contributed by atoms with E-state index in [-0.39, 0.29) is 22.0 Å². The van der Waals surface area contributed by atoms with Gasteiger partial charge in [0.1, 0.15) is 0 Å². The first kappa shape index (κ1) is 22.3. The smallest absolute Gasteiger partial charge is 0.293 e. The number of halogens is 1. The predicted molar refractivity (Wildman–Crippen MR) is 125 cm³/mol. The highest BCUT2D eigenvalue weighted by Gasteiger charge is 2.23. The fourth-order valence-corrected chi connectivity index (χ4v) is 5.60. The number of aromatic nitrogens is 1. The van der Waals surface area contributed by atoms with Crippen LogP contribution >= 0.6 is 22.9 Å². The van der Waals surface area contributed by atoms with Crippen molar-refractivity contribution in [3.8, 4) is 0 Å². The molecule has 0 aliphatic rings. The third-order valence-electron chi connectivity index (χ3n) is 4.81. The number of sulfone groups is 1. The Balaban J connectivity index is 1.47. The van der Waals surface area contributed by atoms with Crippen molar-refractivity contribution >= 4 is 43.8 Å². The lowest BCUT2D eigenvalue weighted by molar-refractivity contribution is 0.0995. The molecular formula is C23H19ClN2O4S2. The number of anilines is 1. The summed E-state index contributed by atoms with van der Waals surface area (Å²) in [4.78, 5) is 18.1. The lowest BCUT2D eigenvalue weighted by Crippen LogP contribution is -2.14. The van der Waals surface area contributed by atoms with Crippen molar-refractivity contribution in [1.29, 1.82) is 0 Å². The molecule has 2 aromatic carbocycles. The fraction of sp³-hybridized carbons (Fsp3) is 0.130. The van der Waals surface area contributed by atoms with Crippen LogP contribution in [0.5, 0.6) is 0 Å². The van der Waals surface area contributed by atoms with E-state index < -0.39 is 15.7 Å². The zero-order valence-corrected chi connectivity index (χ0v) is 19.4. The fourth-order valence-electron chi connectivity index (χ4n) is 3.20. The molecule has 0 atom stereocenters. The number of rotatable bonds is 7. The van der Waals surface area contributed by atoms with Gasteiger partial charge in [-0.05, 0) is 36.2 Å². The molecule has 164 valence electrons. The van der Waals surface area contributed by atoms with Gasteiger partial charge in [-0.15, -0.1) is 11.3 Å². The molecule has 2 aromatic heterocycles. The number of hydrogen-bond donors (Lipinski definition) is 1. The molecular weight excluding hydrogens is 468 g/mol. The van der Waals surface area contributed by atoms with Gasteiger partial charge in [0.2, 0.25) is 0 Å². The highest BCUT2D eigenvalue weighted by atomic mass is 35.5. The largest absolute Gasteiger partial charge is 0.459 e. The molecule has 32 heavy (non-hydrogen) atoms. The molecule has 0 fully saturated rings. The van der Waals surface area contributed by atoms with Crippen molar-refractivity contribution in [3.05, 3.63) is 99.4 Å². The van der Waals surface area contributed by atoms with E-state index in [1.807, 2.05) is 25.1 Å². The maximum Gasteiger partial charge on any atom is 0.293 e. The first-order valence-corrected chi connectivity index (χ1v) is 12.5. The number of carbonyl (C=O) groups excluding carboxylic acids is 1. The molecule has 0 aliphatic carbocycles. The van der Waals surface area contributed by atoms with E-state index in [0.29, 0.717) is 16.6 Å². The second kappa shape index (κ2) is 9.28. The summed E-state index contributed by atoms with van der Waals surface area (Å²) >= 11 is 7.69. The van der Waals surface area contributed by atoms with Gasteiger partial charge in [0.05, 0.1) is 16.9 Å². The van der Waals surface area contributed by atoms with Gasteiger partial charge < -0.3 is 4.42 Å². The van der Waals surface area contributed by atoms with E-state index in [9.17, 15) is 13.2 Å². The molecule has 0 bridgehead atoms. The Hall–Kier alpha value is -2.94. The molecule has 0 spiro atoms. The number of benzene rings is 2. The average molecular weight is 487 g/mol. The number of furan rings is 1. The van der Waals surface area contributed by atoms with E-state index >= 15 is 0 Å². The topological polar surface area (TPSA) is 89.3 Å². The van der Waals surface area contributed by atoms with Gasteiger partial charge in [-0.3, -0.25) is 10.1 Å². The number of aryl methyl sites for hydroxylation is 1. The molecule has 4 rings (SSSR count). The van der Waals surface area contributed by atoms with E-state index in [2.05, 4.69) is 10.3 Å². The standard InChI is InChI=1S/C23H19ClN2O4S2/c1-15-6-5-7-16(20(15)24)12-18-13-25-23(31-18)26-22(27)21-17(10-11-30-21)14-32(28,29)19-8-3-2-4-9-19/h2-11,13H,12,14H2,1H3,(H,25,26,27). The minimum atomic E-state index is -3.62. The second-order valence-corrected chi connectivity index (χ2v) is 10.6. The quantitative estimate of drug-likeness (QED) is 0.371. The number of amides is 1.